The molecule has 8 nitrogen and oxygen atoms in total. The molecule has 0 aliphatic heterocycles. The summed E-state index contributed by atoms with van der Waals surface area (Å²) in [5.41, 5.74) is 0.733. The van der Waals surface area contributed by atoms with Crippen LogP contribution < -0.4 is 23.8 Å². The molecule has 1 unspecified atom stereocenters. The summed E-state index contributed by atoms with van der Waals surface area (Å²) in [6.45, 7) is 5.35. The SMILES string of the molecule is COc1ccc(OC)c(N(C(C)C(=O)Nc2ccc(OC(C)C)cc2)S(C)(=O)=O)c1. The van der Waals surface area contributed by atoms with Crippen molar-refractivity contribution in [3.05, 3.63) is 42.5 Å². The van der Waals surface area contributed by atoms with Crippen molar-refractivity contribution in [2.24, 2.45) is 0 Å². The molecule has 0 heterocycles. The molecule has 0 saturated heterocycles. The van der Waals surface area contributed by atoms with Gasteiger partial charge >= 0.3 is 0 Å². The Bertz CT molecular complexity index is 973. The minimum absolute atomic E-state index is 0.0339. The predicted molar refractivity (Wildman–Crippen MR) is 117 cm³/mol. The number of benzene rings is 2. The van der Waals surface area contributed by atoms with Crippen LogP contribution in [-0.4, -0.2) is 46.9 Å². The molecule has 1 atom stereocenters. The Hall–Kier alpha value is -2.94. The average Bonchev–Trinajstić information content (AvgIpc) is 2.68. The maximum Gasteiger partial charge on any atom is 0.247 e. The molecule has 0 aliphatic carbocycles. The lowest BCUT2D eigenvalue weighted by Gasteiger charge is -2.29. The number of carbonyl (C=O) groups excluding carboxylic acids is 1. The van der Waals surface area contributed by atoms with Crippen LogP contribution in [0.25, 0.3) is 0 Å². The van der Waals surface area contributed by atoms with E-state index in [2.05, 4.69) is 5.32 Å². The number of amides is 1. The van der Waals surface area contributed by atoms with Crippen LogP contribution in [0.15, 0.2) is 42.5 Å². The number of hydrogen-bond acceptors (Lipinski definition) is 6. The highest BCUT2D eigenvalue weighted by Crippen LogP contribution is 2.35. The van der Waals surface area contributed by atoms with E-state index in [1.807, 2.05) is 13.8 Å². The number of hydrogen-bond donors (Lipinski definition) is 1. The second-order valence-corrected chi connectivity index (χ2v) is 8.81. The normalized spacial score (nSPS) is 12.2. The standard InChI is InChI=1S/C21H28N2O6S/c1-14(2)29-17-9-7-16(8-10-17)22-21(24)15(3)23(30(6,25)26)19-13-18(27-4)11-12-20(19)28-5/h7-15H,1-6H3,(H,22,24). The number of carbonyl (C=O) groups is 1. The van der Waals surface area contributed by atoms with Crippen LogP contribution in [0.5, 0.6) is 17.2 Å². The average molecular weight is 437 g/mol. The van der Waals surface area contributed by atoms with Gasteiger partial charge in [-0.25, -0.2) is 8.42 Å². The summed E-state index contributed by atoms with van der Waals surface area (Å²) in [7, 11) is -0.916. The van der Waals surface area contributed by atoms with E-state index in [1.54, 1.807) is 36.4 Å². The van der Waals surface area contributed by atoms with Crippen LogP contribution >= 0.6 is 0 Å². The molecule has 30 heavy (non-hydrogen) atoms. The number of rotatable bonds is 9. The van der Waals surface area contributed by atoms with Gasteiger partial charge in [-0.05, 0) is 57.2 Å². The van der Waals surface area contributed by atoms with E-state index in [4.69, 9.17) is 14.2 Å². The first kappa shape index (κ1) is 23.3. The number of nitrogens with one attached hydrogen (secondary N) is 1. The zero-order valence-electron chi connectivity index (χ0n) is 18.0. The van der Waals surface area contributed by atoms with E-state index in [0.29, 0.717) is 22.9 Å². The van der Waals surface area contributed by atoms with Gasteiger partial charge < -0.3 is 19.5 Å². The maximum atomic E-state index is 12.9. The van der Waals surface area contributed by atoms with Crippen LogP contribution in [0.4, 0.5) is 11.4 Å². The first-order valence-corrected chi connectivity index (χ1v) is 11.2. The monoisotopic (exact) mass is 436 g/mol. The van der Waals surface area contributed by atoms with Gasteiger partial charge in [0.1, 0.15) is 23.3 Å². The number of methoxy groups -OCH3 is 2. The summed E-state index contributed by atoms with van der Waals surface area (Å²) >= 11 is 0. The number of sulfonamides is 1. The molecule has 164 valence electrons. The van der Waals surface area contributed by atoms with E-state index < -0.39 is 22.0 Å². The Morgan fingerprint density at radius 2 is 1.57 bits per heavy atom. The minimum atomic E-state index is -3.82. The van der Waals surface area contributed by atoms with Crippen LogP contribution in [0.2, 0.25) is 0 Å². The van der Waals surface area contributed by atoms with Crippen molar-refractivity contribution in [2.45, 2.75) is 32.9 Å². The smallest absolute Gasteiger partial charge is 0.247 e. The van der Waals surface area contributed by atoms with E-state index >= 15 is 0 Å². The number of ether oxygens (including phenoxy) is 3. The largest absolute Gasteiger partial charge is 0.497 e. The van der Waals surface area contributed by atoms with Gasteiger partial charge in [0.25, 0.3) is 0 Å². The summed E-state index contributed by atoms with van der Waals surface area (Å²) in [4.78, 5) is 12.9. The lowest BCUT2D eigenvalue weighted by Crippen LogP contribution is -2.45. The van der Waals surface area contributed by atoms with Crippen molar-refractivity contribution < 1.29 is 27.4 Å². The summed E-state index contributed by atoms with van der Waals surface area (Å²) in [5, 5.41) is 2.74. The molecular weight excluding hydrogens is 408 g/mol. The fourth-order valence-corrected chi connectivity index (χ4v) is 4.06. The molecule has 2 aromatic rings. The van der Waals surface area contributed by atoms with Gasteiger partial charge in [0, 0.05) is 11.8 Å². The summed E-state index contributed by atoms with van der Waals surface area (Å²) in [6, 6.07) is 10.6. The van der Waals surface area contributed by atoms with Crippen molar-refractivity contribution in [3.8, 4) is 17.2 Å². The van der Waals surface area contributed by atoms with E-state index in [9.17, 15) is 13.2 Å². The number of anilines is 2. The van der Waals surface area contributed by atoms with Crippen LogP contribution in [0.1, 0.15) is 20.8 Å². The van der Waals surface area contributed by atoms with Gasteiger partial charge in [0.15, 0.2) is 0 Å². The maximum absolute atomic E-state index is 12.9. The summed E-state index contributed by atoms with van der Waals surface area (Å²) < 4.78 is 42.3. The molecule has 0 aromatic heterocycles. The molecule has 0 bridgehead atoms. The van der Waals surface area contributed by atoms with Crippen molar-refractivity contribution >= 4 is 27.3 Å². The Labute approximate surface area is 177 Å². The first-order valence-electron chi connectivity index (χ1n) is 9.35. The van der Waals surface area contributed by atoms with Gasteiger partial charge in [-0.15, -0.1) is 0 Å². The second-order valence-electron chi connectivity index (χ2n) is 6.95. The molecule has 1 N–H and O–H groups in total. The fourth-order valence-electron chi connectivity index (χ4n) is 2.89. The lowest BCUT2D eigenvalue weighted by atomic mass is 10.2. The molecule has 1 amide bonds. The zero-order valence-corrected chi connectivity index (χ0v) is 18.8. The molecule has 0 radical (unpaired) electrons. The third-order valence-electron chi connectivity index (χ3n) is 4.21. The highest BCUT2D eigenvalue weighted by molar-refractivity contribution is 7.92. The van der Waals surface area contributed by atoms with Gasteiger partial charge in [-0.1, -0.05) is 0 Å². The topological polar surface area (TPSA) is 94.2 Å². The fraction of sp³-hybridized carbons (Fsp3) is 0.381. The quantitative estimate of drug-likeness (QED) is 0.648. The van der Waals surface area contributed by atoms with Crippen molar-refractivity contribution in [1.29, 1.82) is 0 Å². The minimum Gasteiger partial charge on any atom is -0.497 e. The molecule has 9 heteroatoms. The van der Waals surface area contributed by atoms with Crippen molar-refractivity contribution in [2.75, 3.05) is 30.1 Å². The molecule has 0 saturated carbocycles. The van der Waals surface area contributed by atoms with Crippen molar-refractivity contribution in [1.82, 2.24) is 0 Å². The Balaban J connectivity index is 2.32. The first-order chi connectivity index (χ1) is 14.1. The van der Waals surface area contributed by atoms with Crippen molar-refractivity contribution in [3.63, 3.8) is 0 Å². The van der Waals surface area contributed by atoms with Gasteiger partial charge in [0.05, 0.1) is 32.3 Å². The Morgan fingerprint density at radius 1 is 0.967 bits per heavy atom. The van der Waals surface area contributed by atoms with Crippen LogP contribution in [-0.2, 0) is 14.8 Å². The van der Waals surface area contributed by atoms with E-state index in [0.717, 1.165) is 10.6 Å². The highest BCUT2D eigenvalue weighted by Gasteiger charge is 2.31. The Morgan fingerprint density at radius 3 is 2.07 bits per heavy atom. The van der Waals surface area contributed by atoms with Crippen LogP contribution in [0, 0.1) is 0 Å². The molecular formula is C21H28N2O6S. The van der Waals surface area contributed by atoms with E-state index in [-0.39, 0.29) is 11.8 Å². The Kier molecular flexibility index (Phi) is 7.55. The highest BCUT2D eigenvalue weighted by atomic mass is 32.2. The summed E-state index contributed by atoms with van der Waals surface area (Å²) in [6.07, 6.45) is 1.07. The van der Waals surface area contributed by atoms with Gasteiger partial charge in [-0.3, -0.25) is 9.10 Å². The zero-order chi connectivity index (χ0) is 22.5. The molecule has 0 spiro atoms. The van der Waals surface area contributed by atoms with Gasteiger partial charge in [-0.2, -0.15) is 0 Å². The summed E-state index contributed by atoms with van der Waals surface area (Å²) in [5.74, 6) is 0.918. The molecule has 2 rings (SSSR count). The lowest BCUT2D eigenvalue weighted by molar-refractivity contribution is -0.116. The van der Waals surface area contributed by atoms with Gasteiger partial charge in [0.2, 0.25) is 15.9 Å². The molecule has 2 aromatic carbocycles. The van der Waals surface area contributed by atoms with E-state index in [1.165, 1.54) is 27.2 Å². The predicted octanol–water partition coefficient (Wildman–Crippen LogP) is 3.28. The second kappa shape index (κ2) is 9.71. The third-order valence-corrected chi connectivity index (χ3v) is 5.43. The van der Waals surface area contributed by atoms with Crippen LogP contribution in [0.3, 0.4) is 0 Å². The molecule has 0 aliphatic rings. The molecule has 0 fully saturated rings. The number of nitrogens with zero attached hydrogens (tertiary/aromatic N) is 1. The third kappa shape index (κ3) is 5.79.